The minimum atomic E-state index is -0.215. The number of carbonyl (C=O) groups is 1. The van der Waals surface area contributed by atoms with Crippen molar-refractivity contribution in [3.63, 3.8) is 0 Å². The number of nitrogens with one attached hydrogen (secondary N) is 2. The molecule has 1 aliphatic heterocycles. The molecular formula is C15H18N2O2. The molecule has 0 saturated carbocycles. The van der Waals surface area contributed by atoms with Crippen LogP contribution in [0.25, 0.3) is 10.9 Å². The summed E-state index contributed by atoms with van der Waals surface area (Å²) < 4.78 is 5.04. The SMILES string of the molecule is CC(=O)OCCC1NCCc2c1[nH]c1ccccc21. The molecule has 1 aromatic carbocycles. The molecule has 1 aromatic heterocycles. The van der Waals surface area contributed by atoms with Crippen molar-refractivity contribution in [2.45, 2.75) is 25.8 Å². The molecule has 0 amide bonds. The van der Waals surface area contributed by atoms with Gasteiger partial charge in [-0.2, -0.15) is 0 Å². The summed E-state index contributed by atoms with van der Waals surface area (Å²) in [6, 6.07) is 8.64. The number of carbonyl (C=O) groups excluding carboxylic acids is 1. The first-order valence-electron chi connectivity index (χ1n) is 6.72. The summed E-state index contributed by atoms with van der Waals surface area (Å²) in [6.07, 6.45) is 1.85. The molecule has 0 saturated heterocycles. The van der Waals surface area contributed by atoms with Gasteiger partial charge in [0, 0.05) is 29.9 Å². The predicted molar refractivity (Wildman–Crippen MR) is 74.0 cm³/mol. The number of hydrogen-bond acceptors (Lipinski definition) is 3. The zero-order chi connectivity index (χ0) is 13.2. The maximum Gasteiger partial charge on any atom is 0.302 e. The summed E-state index contributed by atoms with van der Waals surface area (Å²) >= 11 is 0. The van der Waals surface area contributed by atoms with E-state index in [9.17, 15) is 4.79 Å². The Kier molecular flexibility index (Phi) is 3.25. The minimum absolute atomic E-state index is 0.215. The largest absolute Gasteiger partial charge is 0.466 e. The van der Waals surface area contributed by atoms with Gasteiger partial charge in [0.25, 0.3) is 0 Å². The number of aromatic amines is 1. The lowest BCUT2D eigenvalue weighted by Crippen LogP contribution is -2.30. The molecule has 0 spiro atoms. The number of rotatable bonds is 3. The van der Waals surface area contributed by atoms with E-state index in [0.29, 0.717) is 6.61 Å². The first kappa shape index (κ1) is 12.2. The van der Waals surface area contributed by atoms with Crippen LogP contribution >= 0.6 is 0 Å². The number of aromatic nitrogens is 1. The van der Waals surface area contributed by atoms with Gasteiger partial charge in [0.1, 0.15) is 0 Å². The summed E-state index contributed by atoms with van der Waals surface area (Å²) in [5, 5.41) is 4.80. The normalized spacial score (nSPS) is 18.3. The van der Waals surface area contributed by atoms with E-state index in [1.165, 1.54) is 29.1 Å². The molecule has 0 fully saturated rings. The second kappa shape index (κ2) is 5.05. The smallest absolute Gasteiger partial charge is 0.302 e. The zero-order valence-corrected chi connectivity index (χ0v) is 11.0. The summed E-state index contributed by atoms with van der Waals surface area (Å²) in [4.78, 5) is 14.3. The summed E-state index contributed by atoms with van der Waals surface area (Å²) in [5.74, 6) is -0.215. The second-order valence-electron chi connectivity index (χ2n) is 4.95. The van der Waals surface area contributed by atoms with Crippen molar-refractivity contribution in [2.24, 2.45) is 0 Å². The van der Waals surface area contributed by atoms with Crippen LogP contribution in [0.15, 0.2) is 24.3 Å². The number of hydrogen-bond donors (Lipinski definition) is 2. The van der Waals surface area contributed by atoms with E-state index in [0.717, 1.165) is 19.4 Å². The highest BCUT2D eigenvalue weighted by molar-refractivity contribution is 5.85. The highest BCUT2D eigenvalue weighted by Crippen LogP contribution is 2.31. The van der Waals surface area contributed by atoms with Gasteiger partial charge in [-0.25, -0.2) is 0 Å². The van der Waals surface area contributed by atoms with Crippen molar-refractivity contribution < 1.29 is 9.53 Å². The van der Waals surface area contributed by atoms with Crippen molar-refractivity contribution in [1.82, 2.24) is 10.3 Å². The van der Waals surface area contributed by atoms with E-state index in [1.54, 1.807) is 0 Å². The maximum absolute atomic E-state index is 10.8. The lowest BCUT2D eigenvalue weighted by Gasteiger charge is -2.24. The van der Waals surface area contributed by atoms with Crippen LogP contribution in [0.1, 0.15) is 30.6 Å². The van der Waals surface area contributed by atoms with Crippen LogP contribution in [0.3, 0.4) is 0 Å². The van der Waals surface area contributed by atoms with Crippen molar-refractivity contribution >= 4 is 16.9 Å². The molecule has 2 aromatic rings. The molecule has 2 N–H and O–H groups in total. The molecule has 1 atom stereocenters. The van der Waals surface area contributed by atoms with Gasteiger partial charge in [0.2, 0.25) is 0 Å². The molecule has 0 bridgehead atoms. The number of benzene rings is 1. The summed E-state index contributed by atoms with van der Waals surface area (Å²) in [5.41, 5.74) is 3.84. The molecule has 19 heavy (non-hydrogen) atoms. The van der Waals surface area contributed by atoms with E-state index in [-0.39, 0.29) is 12.0 Å². The molecule has 0 radical (unpaired) electrons. The van der Waals surface area contributed by atoms with Gasteiger partial charge < -0.3 is 15.0 Å². The number of fused-ring (bicyclic) bond motifs is 3. The third-order valence-corrected chi connectivity index (χ3v) is 3.67. The van der Waals surface area contributed by atoms with Crippen LogP contribution in [0.2, 0.25) is 0 Å². The molecule has 3 rings (SSSR count). The molecule has 0 aliphatic carbocycles. The Morgan fingerprint density at radius 1 is 1.42 bits per heavy atom. The number of para-hydroxylation sites is 1. The summed E-state index contributed by atoms with van der Waals surface area (Å²) in [6.45, 7) is 2.88. The van der Waals surface area contributed by atoms with E-state index >= 15 is 0 Å². The fraction of sp³-hybridized carbons (Fsp3) is 0.400. The van der Waals surface area contributed by atoms with Crippen molar-refractivity contribution in [3.8, 4) is 0 Å². The lowest BCUT2D eigenvalue weighted by molar-refractivity contribution is -0.141. The monoisotopic (exact) mass is 258 g/mol. The average molecular weight is 258 g/mol. The Bertz CT molecular complexity index is 603. The molecule has 2 heterocycles. The minimum Gasteiger partial charge on any atom is -0.466 e. The standard InChI is InChI=1S/C15H18N2O2/c1-10(18)19-9-7-14-15-12(6-8-16-14)11-4-2-3-5-13(11)17-15/h2-5,14,16-17H,6-9H2,1H3. The van der Waals surface area contributed by atoms with Crippen LogP contribution in [-0.4, -0.2) is 24.1 Å². The number of ether oxygens (including phenoxy) is 1. The molecule has 1 aliphatic rings. The van der Waals surface area contributed by atoms with Crippen LogP contribution in [0, 0.1) is 0 Å². The van der Waals surface area contributed by atoms with Crippen molar-refractivity contribution in [3.05, 3.63) is 35.5 Å². The van der Waals surface area contributed by atoms with Crippen molar-refractivity contribution in [1.29, 1.82) is 0 Å². The van der Waals surface area contributed by atoms with Crippen LogP contribution < -0.4 is 5.32 Å². The Morgan fingerprint density at radius 3 is 3.11 bits per heavy atom. The molecule has 4 heteroatoms. The van der Waals surface area contributed by atoms with E-state index in [1.807, 2.05) is 6.07 Å². The Balaban J connectivity index is 1.85. The van der Waals surface area contributed by atoms with Crippen molar-refractivity contribution in [2.75, 3.05) is 13.2 Å². The first-order valence-corrected chi connectivity index (χ1v) is 6.72. The highest BCUT2D eigenvalue weighted by atomic mass is 16.5. The molecular weight excluding hydrogens is 240 g/mol. The third kappa shape index (κ3) is 2.36. The Morgan fingerprint density at radius 2 is 2.26 bits per heavy atom. The van der Waals surface area contributed by atoms with Crippen LogP contribution in [0.4, 0.5) is 0 Å². The van der Waals surface area contributed by atoms with Crippen LogP contribution in [-0.2, 0) is 16.0 Å². The van der Waals surface area contributed by atoms with Gasteiger partial charge in [0.15, 0.2) is 0 Å². The topological polar surface area (TPSA) is 54.1 Å². The fourth-order valence-corrected chi connectivity index (χ4v) is 2.83. The van der Waals surface area contributed by atoms with Gasteiger partial charge in [-0.3, -0.25) is 4.79 Å². The Hall–Kier alpha value is -1.81. The van der Waals surface area contributed by atoms with Gasteiger partial charge in [0.05, 0.1) is 12.6 Å². The van der Waals surface area contributed by atoms with Gasteiger partial charge in [-0.05, 0) is 24.6 Å². The molecule has 100 valence electrons. The zero-order valence-electron chi connectivity index (χ0n) is 11.0. The molecule has 1 unspecified atom stereocenters. The van der Waals surface area contributed by atoms with Gasteiger partial charge >= 0.3 is 5.97 Å². The van der Waals surface area contributed by atoms with E-state index in [2.05, 4.69) is 28.5 Å². The molecule has 4 nitrogen and oxygen atoms in total. The second-order valence-corrected chi connectivity index (χ2v) is 4.95. The third-order valence-electron chi connectivity index (χ3n) is 3.67. The highest BCUT2D eigenvalue weighted by Gasteiger charge is 2.23. The Labute approximate surface area is 112 Å². The van der Waals surface area contributed by atoms with Crippen LogP contribution in [0.5, 0.6) is 0 Å². The maximum atomic E-state index is 10.8. The average Bonchev–Trinajstić information content (AvgIpc) is 2.78. The first-order chi connectivity index (χ1) is 9.25. The van der Waals surface area contributed by atoms with E-state index in [4.69, 9.17) is 4.74 Å². The quantitative estimate of drug-likeness (QED) is 0.831. The van der Waals surface area contributed by atoms with E-state index < -0.39 is 0 Å². The van der Waals surface area contributed by atoms with Gasteiger partial charge in [-0.15, -0.1) is 0 Å². The lowest BCUT2D eigenvalue weighted by atomic mass is 9.98. The predicted octanol–water partition coefficient (Wildman–Crippen LogP) is 2.31. The number of esters is 1. The summed E-state index contributed by atoms with van der Waals surface area (Å²) in [7, 11) is 0. The van der Waals surface area contributed by atoms with Gasteiger partial charge in [-0.1, -0.05) is 18.2 Å². The fourth-order valence-electron chi connectivity index (χ4n) is 2.83. The number of H-pyrrole nitrogens is 1.